The molecule has 5 rings (SSSR count). The number of rotatable bonds is 3. The molecule has 0 heterocycles. The van der Waals surface area contributed by atoms with Crippen LogP contribution in [0.3, 0.4) is 0 Å². The van der Waals surface area contributed by atoms with Crippen LogP contribution in [0.4, 0.5) is 11.4 Å². The molecule has 2 nitrogen and oxygen atoms in total. The van der Waals surface area contributed by atoms with Gasteiger partial charge >= 0.3 is 0 Å². The molecule has 1 atom stereocenters. The molecule has 4 saturated carbocycles. The molecular formula is C19H28N2. The summed E-state index contributed by atoms with van der Waals surface area (Å²) in [6.45, 7) is 4.54. The first-order chi connectivity index (χ1) is 10.1. The van der Waals surface area contributed by atoms with E-state index in [2.05, 4.69) is 31.3 Å². The lowest BCUT2D eigenvalue weighted by Crippen LogP contribution is -2.52. The molecule has 21 heavy (non-hydrogen) atoms. The minimum atomic E-state index is 0.547. The van der Waals surface area contributed by atoms with Crippen molar-refractivity contribution in [1.29, 1.82) is 0 Å². The maximum atomic E-state index is 6.06. The highest BCUT2D eigenvalue weighted by Crippen LogP contribution is 2.61. The SMILES string of the molecule is Cc1c(N)cccc1NC(C)C12CC3CC(CC(C3)C1)C2. The molecule has 0 spiro atoms. The molecule has 0 aromatic heterocycles. The van der Waals surface area contributed by atoms with Crippen LogP contribution in [-0.4, -0.2) is 6.04 Å². The molecule has 0 radical (unpaired) electrons. The Hall–Kier alpha value is -1.18. The first-order valence-electron chi connectivity index (χ1n) is 8.67. The normalized spacial score (nSPS) is 38.5. The molecule has 0 amide bonds. The Morgan fingerprint density at radius 1 is 1.10 bits per heavy atom. The van der Waals surface area contributed by atoms with Gasteiger partial charge in [0.25, 0.3) is 0 Å². The Bertz CT molecular complexity index is 513. The van der Waals surface area contributed by atoms with E-state index in [9.17, 15) is 0 Å². The topological polar surface area (TPSA) is 38.0 Å². The van der Waals surface area contributed by atoms with Gasteiger partial charge in [-0.3, -0.25) is 0 Å². The minimum Gasteiger partial charge on any atom is -0.398 e. The van der Waals surface area contributed by atoms with Crippen LogP contribution in [0.2, 0.25) is 0 Å². The average molecular weight is 284 g/mol. The molecule has 4 aliphatic rings. The van der Waals surface area contributed by atoms with E-state index < -0.39 is 0 Å². The van der Waals surface area contributed by atoms with Gasteiger partial charge in [-0.1, -0.05) is 6.07 Å². The van der Waals surface area contributed by atoms with Crippen molar-refractivity contribution in [3.63, 3.8) is 0 Å². The van der Waals surface area contributed by atoms with Crippen LogP contribution in [0, 0.1) is 30.1 Å². The zero-order chi connectivity index (χ0) is 14.6. The average Bonchev–Trinajstić information content (AvgIpc) is 2.42. The summed E-state index contributed by atoms with van der Waals surface area (Å²) >= 11 is 0. The van der Waals surface area contributed by atoms with Gasteiger partial charge in [0.05, 0.1) is 0 Å². The summed E-state index contributed by atoms with van der Waals surface area (Å²) in [4.78, 5) is 0. The van der Waals surface area contributed by atoms with Gasteiger partial charge < -0.3 is 11.1 Å². The first-order valence-corrected chi connectivity index (χ1v) is 8.67. The lowest BCUT2D eigenvalue weighted by Gasteiger charge is -2.59. The van der Waals surface area contributed by atoms with Crippen LogP contribution >= 0.6 is 0 Å². The fraction of sp³-hybridized carbons (Fsp3) is 0.684. The highest BCUT2D eigenvalue weighted by molar-refractivity contribution is 5.63. The lowest BCUT2D eigenvalue weighted by molar-refractivity contribution is -0.0602. The van der Waals surface area contributed by atoms with Crippen molar-refractivity contribution in [2.75, 3.05) is 11.1 Å². The van der Waals surface area contributed by atoms with E-state index in [4.69, 9.17) is 5.73 Å². The fourth-order valence-electron chi connectivity index (χ4n) is 5.90. The zero-order valence-electron chi connectivity index (χ0n) is 13.4. The standard InChI is InChI=1S/C19H28N2/c1-12-17(20)4-3-5-18(12)21-13(2)19-9-14-6-15(10-19)8-16(7-14)11-19/h3-5,13-16,21H,6-11,20H2,1-2H3. The molecule has 1 aromatic rings. The first kappa shape index (κ1) is 13.5. The Balaban J connectivity index is 1.57. The number of nitrogens with one attached hydrogen (secondary N) is 1. The van der Waals surface area contributed by atoms with Gasteiger partial charge in [0.2, 0.25) is 0 Å². The molecule has 1 aromatic carbocycles. The van der Waals surface area contributed by atoms with E-state index in [1.165, 1.54) is 49.8 Å². The van der Waals surface area contributed by atoms with Gasteiger partial charge in [0, 0.05) is 17.4 Å². The quantitative estimate of drug-likeness (QED) is 0.796. The predicted octanol–water partition coefficient (Wildman–Crippen LogP) is 4.59. The van der Waals surface area contributed by atoms with Gasteiger partial charge in [-0.05, 0) is 93.2 Å². The van der Waals surface area contributed by atoms with Crippen molar-refractivity contribution in [3.05, 3.63) is 23.8 Å². The second-order valence-electron chi connectivity index (χ2n) is 8.17. The maximum Gasteiger partial charge on any atom is 0.0392 e. The van der Waals surface area contributed by atoms with Crippen molar-refractivity contribution in [2.24, 2.45) is 23.2 Å². The van der Waals surface area contributed by atoms with Crippen molar-refractivity contribution in [1.82, 2.24) is 0 Å². The van der Waals surface area contributed by atoms with Crippen molar-refractivity contribution in [2.45, 2.75) is 58.4 Å². The van der Waals surface area contributed by atoms with E-state index in [0.717, 1.165) is 23.4 Å². The fourth-order valence-corrected chi connectivity index (χ4v) is 5.90. The predicted molar refractivity (Wildman–Crippen MR) is 89.3 cm³/mol. The zero-order valence-corrected chi connectivity index (χ0v) is 13.4. The molecule has 114 valence electrons. The second kappa shape index (κ2) is 4.66. The number of nitrogen functional groups attached to an aromatic ring is 1. The number of hydrogen-bond acceptors (Lipinski definition) is 2. The van der Waals surface area contributed by atoms with Crippen molar-refractivity contribution >= 4 is 11.4 Å². The molecular weight excluding hydrogens is 256 g/mol. The molecule has 1 unspecified atom stereocenters. The molecule has 4 aliphatic carbocycles. The monoisotopic (exact) mass is 284 g/mol. The molecule has 2 heteroatoms. The van der Waals surface area contributed by atoms with E-state index in [-0.39, 0.29) is 0 Å². The third-order valence-corrected chi connectivity index (χ3v) is 6.75. The third kappa shape index (κ3) is 2.15. The number of hydrogen-bond donors (Lipinski definition) is 2. The van der Waals surface area contributed by atoms with Crippen LogP contribution in [0.15, 0.2) is 18.2 Å². The van der Waals surface area contributed by atoms with Crippen LogP contribution in [0.1, 0.15) is 51.0 Å². The largest absolute Gasteiger partial charge is 0.398 e. The summed E-state index contributed by atoms with van der Waals surface area (Å²) in [5, 5.41) is 3.83. The van der Waals surface area contributed by atoms with Crippen molar-refractivity contribution in [3.8, 4) is 0 Å². The molecule has 0 aliphatic heterocycles. The highest BCUT2D eigenvalue weighted by atomic mass is 14.9. The van der Waals surface area contributed by atoms with E-state index in [1.54, 1.807) is 0 Å². The maximum absolute atomic E-state index is 6.06. The van der Waals surface area contributed by atoms with Crippen LogP contribution in [0.25, 0.3) is 0 Å². The summed E-state index contributed by atoms with van der Waals surface area (Å²) < 4.78 is 0. The molecule has 4 fully saturated rings. The summed E-state index contributed by atoms with van der Waals surface area (Å²) in [7, 11) is 0. The highest BCUT2D eigenvalue weighted by Gasteiger charge is 2.53. The third-order valence-electron chi connectivity index (χ3n) is 6.75. The minimum absolute atomic E-state index is 0.547. The summed E-state index contributed by atoms with van der Waals surface area (Å²) in [6, 6.07) is 6.81. The van der Waals surface area contributed by atoms with Crippen LogP contribution in [-0.2, 0) is 0 Å². The number of benzene rings is 1. The Morgan fingerprint density at radius 3 is 2.24 bits per heavy atom. The van der Waals surface area contributed by atoms with E-state index in [0.29, 0.717) is 11.5 Å². The summed E-state index contributed by atoms with van der Waals surface area (Å²) in [5.74, 6) is 3.05. The Labute approximate surface area is 128 Å². The van der Waals surface area contributed by atoms with Crippen LogP contribution < -0.4 is 11.1 Å². The summed E-state index contributed by atoms with van der Waals surface area (Å²) in [5.41, 5.74) is 9.95. The number of anilines is 2. The van der Waals surface area contributed by atoms with Crippen LogP contribution in [0.5, 0.6) is 0 Å². The second-order valence-corrected chi connectivity index (χ2v) is 8.17. The van der Waals surface area contributed by atoms with Gasteiger partial charge in [-0.25, -0.2) is 0 Å². The number of nitrogens with two attached hydrogens (primary N) is 1. The van der Waals surface area contributed by atoms with Crippen molar-refractivity contribution < 1.29 is 0 Å². The molecule has 0 saturated heterocycles. The van der Waals surface area contributed by atoms with Gasteiger partial charge in [0.15, 0.2) is 0 Å². The molecule has 4 bridgehead atoms. The smallest absolute Gasteiger partial charge is 0.0392 e. The van der Waals surface area contributed by atoms with Gasteiger partial charge in [-0.2, -0.15) is 0 Å². The van der Waals surface area contributed by atoms with E-state index >= 15 is 0 Å². The molecule has 3 N–H and O–H groups in total. The summed E-state index contributed by atoms with van der Waals surface area (Å²) in [6.07, 6.45) is 8.91. The lowest BCUT2D eigenvalue weighted by atomic mass is 9.48. The van der Waals surface area contributed by atoms with Gasteiger partial charge in [0.1, 0.15) is 0 Å². The Morgan fingerprint density at radius 2 is 1.67 bits per heavy atom. The van der Waals surface area contributed by atoms with E-state index in [1.807, 2.05) is 6.07 Å². The Kier molecular flexibility index (Phi) is 2.99. The van der Waals surface area contributed by atoms with Gasteiger partial charge in [-0.15, -0.1) is 0 Å².